The fourth-order valence-electron chi connectivity index (χ4n) is 2.58. The fourth-order valence-corrected chi connectivity index (χ4v) is 2.58. The van der Waals surface area contributed by atoms with E-state index in [1.54, 1.807) is 0 Å². The third-order valence-electron chi connectivity index (χ3n) is 3.54. The van der Waals surface area contributed by atoms with Crippen LogP contribution in [-0.2, 0) is 0 Å². The van der Waals surface area contributed by atoms with Gasteiger partial charge in [0.2, 0.25) is 0 Å². The van der Waals surface area contributed by atoms with E-state index < -0.39 is 0 Å². The number of rotatable bonds is 2. The van der Waals surface area contributed by atoms with E-state index in [-0.39, 0.29) is 0 Å². The maximum atomic E-state index is 4.53. The van der Waals surface area contributed by atoms with E-state index in [0.717, 1.165) is 0 Å². The zero-order valence-electron chi connectivity index (χ0n) is 9.12. The largest absolute Gasteiger partial charge is 0.191 e. The van der Waals surface area contributed by atoms with Crippen molar-refractivity contribution in [2.45, 2.75) is 76.3 Å². The maximum Gasteiger partial charge on any atom is 0.0708 e. The summed E-state index contributed by atoms with van der Waals surface area (Å²) in [6.45, 7) is 0. The van der Waals surface area contributed by atoms with E-state index >= 15 is 0 Å². The highest BCUT2D eigenvalue weighted by atomic mass is 15.1. The van der Waals surface area contributed by atoms with Gasteiger partial charge >= 0.3 is 0 Å². The van der Waals surface area contributed by atoms with Crippen molar-refractivity contribution in [1.29, 1.82) is 0 Å². The van der Waals surface area contributed by atoms with Crippen LogP contribution >= 0.6 is 0 Å². The highest BCUT2D eigenvalue weighted by Gasteiger charge is 2.15. The summed E-state index contributed by atoms with van der Waals surface area (Å²) < 4.78 is 0. The normalized spacial score (nSPS) is 27.1. The van der Waals surface area contributed by atoms with Gasteiger partial charge in [-0.3, -0.25) is 0 Å². The molecule has 14 heavy (non-hydrogen) atoms. The predicted molar refractivity (Wildman–Crippen MR) is 58.6 cm³/mol. The molecule has 0 amide bonds. The van der Waals surface area contributed by atoms with Crippen LogP contribution in [0.2, 0.25) is 0 Å². The Kier molecular flexibility index (Phi) is 3.96. The standard InChI is InChI=1S/C12H22N2/c1-3-7-11(8-4-1)13-14-12-9-5-2-6-10-12/h11-12H,1-10H2/b14-13-. The monoisotopic (exact) mass is 194 g/mol. The fraction of sp³-hybridized carbons (Fsp3) is 1.00. The van der Waals surface area contributed by atoms with Crippen molar-refractivity contribution in [3.05, 3.63) is 0 Å². The predicted octanol–water partition coefficient (Wildman–Crippen LogP) is 4.10. The van der Waals surface area contributed by atoms with Gasteiger partial charge in [-0.15, -0.1) is 0 Å². The number of azo groups is 1. The molecule has 2 aliphatic carbocycles. The van der Waals surface area contributed by atoms with Crippen LogP contribution in [0.1, 0.15) is 64.2 Å². The van der Waals surface area contributed by atoms with Gasteiger partial charge in [0.25, 0.3) is 0 Å². The summed E-state index contributed by atoms with van der Waals surface area (Å²) in [6, 6.07) is 1.15. The molecule has 0 saturated heterocycles. The Morgan fingerprint density at radius 1 is 0.500 bits per heavy atom. The van der Waals surface area contributed by atoms with Gasteiger partial charge in [0.15, 0.2) is 0 Å². The second kappa shape index (κ2) is 5.47. The molecule has 0 unspecified atom stereocenters. The molecule has 2 nitrogen and oxygen atoms in total. The van der Waals surface area contributed by atoms with Gasteiger partial charge in [0, 0.05) is 0 Å². The molecule has 0 bridgehead atoms. The molecule has 0 radical (unpaired) electrons. The van der Waals surface area contributed by atoms with E-state index in [0.29, 0.717) is 12.1 Å². The molecule has 2 rings (SSSR count). The van der Waals surface area contributed by atoms with Crippen LogP contribution in [0.3, 0.4) is 0 Å². The summed E-state index contributed by atoms with van der Waals surface area (Å²) in [5.41, 5.74) is 0. The summed E-state index contributed by atoms with van der Waals surface area (Å²) in [6.07, 6.45) is 13.5. The second-order valence-corrected chi connectivity index (χ2v) is 4.81. The smallest absolute Gasteiger partial charge is 0.0708 e. The van der Waals surface area contributed by atoms with Crippen molar-refractivity contribution >= 4 is 0 Å². The molecule has 2 saturated carbocycles. The average Bonchev–Trinajstić information content (AvgIpc) is 2.29. The molecule has 0 heterocycles. The molecule has 0 aromatic heterocycles. The topological polar surface area (TPSA) is 24.7 Å². The number of nitrogens with zero attached hydrogens (tertiary/aromatic N) is 2. The number of hydrogen-bond acceptors (Lipinski definition) is 2. The highest BCUT2D eigenvalue weighted by molar-refractivity contribution is 4.73. The molecule has 0 aliphatic heterocycles. The Morgan fingerprint density at radius 3 is 1.21 bits per heavy atom. The molecule has 0 aromatic rings. The van der Waals surface area contributed by atoms with Gasteiger partial charge in [0.1, 0.15) is 0 Å². The summed E-state index contributed by atoms with van der Waals surface area (Å²) in [7, 11) is 0. The lowest BCUT2D eigenvalue weighted by Crippen LogP contribution is -2.12. The van der Waals surface area contributed by atoms with E-state index in [2.05, 4.69) is 10.2 Å². The van der Waals surface area contributed by atoms with Gasteiger partial charge in [-0.2, -0.15) is 10.2 Å². The minimum Gasteiger partial charge on any atom is -0.191 e. The van der Waals surface area contributed by atoms with Gasteiger partial charge in [0.05, 0.1) is 12.1 Å². The molecule has 2 heteroatoms. The van der Waals surface area contributed by atoms with Crippen LogP contribution < -0.4 is 0 Å². The molecular formula is C12H22N2. The first-order valence-electron chi connectivity index (χ1n) is 6.35. The Balaban J connectivity index is 1.73. The Labute approximate surface area is 87.2 Å². The maximum absolute atomic E-state index is 4.53. The van der Waals surface area contributed by atoms with Crippen molar-refractivity contribution in [2.24, 2.45) is 10.2 Å². The van der Waals surface area contributed by atoms with Crippen molar-refractivity contribution in [3.8, 4) is 0 Å². The molecule has 0 atom stereocenters. The Morgan fingerprint density at radius 2 is 0.857 bits per heavy atom. The van der Waals surface area contributed by atoms with E-state index in [4.69, 9.17) is 0 Å². The SMILES string of the molecule is C1CCC(/N=N\C2CCCCC2)CC1. The van der Waals surface area contributed by atoms with Crippen LogP contribution in [0.15, 0.2) is 10.2 Å². The van der Waals surface area contributed by atoms with Crippen molar-refractivity contribution in [3.63, 3.8) is 0 Å². The van der Waals surface area contributed by atoms with E-state index in [1.165, 1.54) is 64.2 Å². The molecule has 80 valence electrons. The third kappa shape index (κ3) is 3.07. The summed E-state index contributed by atoms with van der Waals surface area (Å²) in [4.78, 5) is 0. The van der Waals surface area contributed by atoms with Crippen LogP contribution in [0.5, 0.6) is 0 Å². The van der Waals surface area contributed by atoms with Crippen LogP contribution in [0, 0.1) is 0 Å². The van der Waals surface area contributed by atoms with E-state index in [1.807, 2.05) is 0 Å². The lowest BCUT2D eigenvalue weighted by molar-refractivity contribution is 0.390. The van der Waals surface area contributed by atoms with Crippen LogP contribution in [0.4, 0.5) is 0 Å². The molecule has 0 aromatic carbocycles. The Hall–Kier alpha value is -0.400. The molecular weight excluding hydrogens is 172 g/mol. The summed E-state index contributed by atoms with van der Waals surface area (Å²) in [5, 5.41) is 9.06. The zero-order valence-corrected chi connectivity index (χ0v) is 9.12. The van der Waals surface area contributed by atoms with Crippen molar-refractivity contribution < 1.29 is 0 Å². The highest BCUT2D eigenvalue weighted by Crippen LogP contribution is 2.24. The summed E-state index contributed by atoms with van der Waals surface area (Å²) in [5.74, 6) is 0. The second-order valence-electron chi connectivity index (χ2n) is 4.81. The quantitative estimate of drug-likeness (QED) is 0.591. The van der Waals surface area contributed by atoms with E-state index in [9.17, 15) is 0 Å². The average molecular weight is 194 g/mol. The lowest BCUT2D eigenvalue weighted by Gasteiger charge is -2.19. The minimum absolute atomic E-state index is 0.575. The molecule has 2 aliphatic rings. The lowest BCUT2D eigenvalue weighted by atomic mass is 9.95. The van der Waals surface area contributed by atoms with Crippen LogP contribution in [0.25, 0.3) is 0 Å². The van der Waals surface area contributed by atoms with Gasteiger partial charge in [-0.25, -0.2) is 0 Å². The zero-order chi connectivity index (χ0) is 9.64. The first-order chi connectivity index (χ1) is 6.95. The Bertz CT molecular complexity index is 157. The van der Waals surface area contributed by atoms with Crippen molar-refractivity contribution in [1.82, 2.24) is 0 Å². The van der Waals surface area contributed by atoms with Gasteiger partial charge < -0.3 is 0 Å². The first-order valence-corrected chi connectivity index (χ1v) is 6.35. The van der Waals surface area contributed by atoms with Gasteiger partial charge in [-0.1, -0.05) is 38.5 Å². The molecule has 2 fully saturated rings. The minimum atomic E-state index is 0.575. The molecule has 0 N–H and O–H groups in total. The van der Waals surface area contributed by atoms with Crippen LogP contribution in [-0.4, -0.2) is 12.1 Å². The number of hydrogen-bond donors (Lipinski definition) is 0. The van der Waals surface area contributed by atoms with Gasteiger partial charge in [-0.05, 0) is 25.7 Å². The summed E-state index contributed by atoms with van der Waals surface area (Å²) >= 11 is 0. The first kappa shape index (κ1) is 10.1. The third-order valence-corrected chi connectivity index (χ3v) is 3.54. The molecule has 0 spiro atoms. The van der Waals surface area contributed by atoms with Crippen molar-refractivity contribution in [2.75, 3.05) is 0 Å².